The van der Waals surface area contributed by atoms with E-state index in [1.807, 2.05) is 54.6 Å². The third-order valence-corrected chi connectivity index (χ3v) is 4.42. The SMILES string of the molecule is O=c1ccc2ccccc2n1OCCCNCC1COc2ccccc2O1. The van der Waals surface area contributed by atoms with Crippen molar-refractivity contribution in [1.29, 1.82) is 0 Å². The lowest BCUT2D eigenvalue weighted by atomic mass is 10.2. The molecule has 0 saturated carbocycles. The first kappa shape index (κ1) is 17.4. The fourth-order valence-electron chi connectivity index (χ4n) is 3.07. The Kier molecular flexibility index (Phi) is 5.25. The van der Waals surface area contributed by atoms with Crippen LogP contribution < -0.4 is 25.2 Å². The van der Waals surface area contributed by atoms with Crippen molar-refractivity contribution in [3.63, 3.8) is 0 Å². The maximum Gasteiger partial charge on any atom is 0.283 e. The molecule has 1 atom stereocenters. The van der Waals surface area contributed by atoms with Gasteiger partial charge >= 0.3 is 0 Å². The first-order chi connectivity index (χ1) is 13.3. The largest absolute Gasteiger partial charge is 0.486 e. The summed E-state index contributed by atoms with van der Waals surface area (Å²) >= 11 is 0. The summed E-state index contributed by atoms with van der Waals surface area (Å²) in [6.07, 6.45) is 0.765. The van der Waals surface area contributed by atoms with Crippen LogP contribution in [0.3, 0.4) is 0 Å². The Hall–Kier alpha value is -2.99. The molecule has 6 heteroatoms. The topological polar surface area (TPSA) is 61.7 Å². The summed E-state index contributed by atoms with van der Waals surface area (Å²) in [5, 5.41) is 4.33. The molecule has 0 amide bonds. The number of aromatic nitrogens is 1. The molecule has 0 bridgehead atoms. The third-order valence-electron chi connectivity index (χ3n) is 4.42. The van der Waals surface area contributed by atoms with Gasteiger partial charge in [0.05, 0.1) is 5.52 Å². The second-order valence-corrected chi connectivity index (χ2v) is 6.41. The molecular formula is C21H22N2O4. The molecule has 3 aromatic rings. The molecule has 1 aromatic heterocycles. The van der Waals surface area contributed by atoms with E-state index in [0.717, 1.165) is 35.4 Å². The van der Waals surface area contributed by atoms with Gasteiger partial charge in [0.25, 0.3) is 5.56 Å². The van der Waals surface area contributed by atoms with Gasteiger partial charge in [0.2, 0.25) is 0 Å². The molecule has 1 aliphatic heterocycles. The van der Waals surface area contributed by atoms with Crippen molar-refractivity contribution in [3.05, 3.63) is 71.0 Å². The van der Waals surface area contributed by atoms with Gasteiger partial charge in [0.1, 0.15) is 19.3 Å². The summed E-state index contributed by atoms with van der Waals surface area (Å²) in [7, 11) is 0. The van der Waals surface area contributed by atoms with E-state index in [0.29, 0.717) is 19.8 Å². The summed E-state index contributed by atoms with van der Waals surface area (Å²) in [6, 6.07) is 18.7. The molecule has 1 N–H and O–H groups in total. The van der Waals surface area contributed by atoms with Crippen LogP contribution in [0.1, 0.15) is 6.42 Å². The molecule has 1 aliphatic rings. The lowest BCUT2D eigenvalue weighted by Gasteiger charge is -2.26. The fraction of sp³-hybridized carbons (Fsp3) is 0.286. The summed E-state index contributed by atoms with van der Waals surface area (Å²) in [5.74, 6) is 1.58. The van der Waals surface area contributed by atoms with Crippen molar-refractivity contribution in [3.8, 4) is 11.5 Å². The molecule has 2 aromatic carbocycles. The first-order valence-electron chi connectivity index (χ1n) is 9.14. The lowest BCUT2D eigenvalue weighted by Crippen LogP contribution is -2.39. The van der Waals surface area contributed by atoms with Gasteiger partial charge in [-0.3, -0.25) is 4.79 Å². The highest BCUT2D eigenvalue weighted by Gasteiger charge is 2.19. The van der Waals surface area contributed by atoms with E-state index in [9.17, 15) is 4.79 Å². The zero-order valence-corrected chi connectivity index (χ0v) is 15.0. The Morgan fingerprint density at radius 3 is 2.78 bits per heavy atom. The van der Waals surface area contributed by atoms with E-state index in [1.54, 1.807) is 0 Å². The van der Waals surface area contributed by atoms with Gasteiger partial charge in [-0.2, -0.15) is 0 Å². The minimum absolute atomic E-state index is 0.0125. The van der Waals surface area contributed by atoms with Crippen molar-refractivity contribution in [2.24, 2.45) is 0 Å². The van der Waals surface area contributed by atoms with Crippen LogP contribution in [0.25, 0.3) is 10.9 Å². The Balaban J connectivity index is 1.22. The van der Waals surface area contributed by atoms with E-state index < -0.39 is 0 Å². The molecule has 0 spiro atoms. The number of para-hydroxylation sites is 3. The number of ether oxygens (including phenoxy) is 2. The van der Waals surface area contributed by atoms with Crippen LogP contribution in [0.15, 0.2) is 65.5 Å². The molecule has 1 unspecified atom stereocenters. The highest BCUT2D eigenvalue weighted by atomic mass is 16.7. The highest BCUT2D eigenvalue weighted by molar-refractivity contribution is 5.78. The number of benzene rings is 2. The molecule has 4 rings (SSSR count). The van der Waals surface area contributed by atoms with Gasteiger partial charge in [-0.25, -0.2) is 0 Å². The number of pyridine rings is 1. The van der Waals surface area contributed by atoms with Crippen molar-refractivity contribution in [2.45, 2.75) is 12.5 Å². The molecule has 0 aliphatic carbocycles. The maximum absolute atomic E-state index is 12.1. The van der Waals surface area contributed by atoms with Crippen LogP contribution in [0, 0.1) is 0 Å². The van der Waals surface area contributed by atoms with Gasteiger partial charge in [-0.15, -0.1) is 4.73 Å². The monoisotopic (exact) mass is 366 g/mol. The number of nitrogens with one attached hydrogen (secondary N) is 1. The smallest absolute Gasteiger partial charge is 0.283 e. The summed E-state index contributed by atoms with van der Waals surface area (Å²) in [4.78, 5) is 17.7. The van der Waals surface area contributed by atoms with Crippen LogP contribution in [-0.4, -0.2) is 37.1 Å². The number of fused-ring (bicyclic) bond motifs is 2. The van der Waals surface area contributed by atoms with Gasteiger partial charge in [0.15, 0.2) is 11.5 Å². The van der Waals surface area contributed by atoms with Gasteiger partial charge in [-0.05, 0) is 37.2 Å². The second-order valence-electron chi connectivity index (χ2n) is 6.41. The molecular weight excluding hydrogens is 344 g/mol. The van der Waals surface area contributed by atoms with E-state index in [2.05, 4.69) is 5.32 Å². The van der Waals surface area contributed by atoms with Gasteiger partial charge in [0, 0.05) is 18.0 Å². The van der Waals surface area contributed by atoms with Crippen molar-refractivity contribution < 1.29 is 14.3 Å². The van der Waals surface area contributed by atoms with E-state index in [1.165, 1.54) is 10.8 Å². The van der Waals surface area contributed by atoms with Crippen molar-refractivity contribution >= 4 is 10.9 Å². The summed E-state index contributed by atoms with van der Waals surface area (Å²) in [5.41, 5.74) is 0.623. The standard InChI is InChI=1S/C21H22N2O4/c24-21-11-10-16-6-1-2-7-18(16)23(21)26-13-5-12-22-14-17-15-25-19-8-3-4-9-20(19)27-17/h1-4,6-11,17,22H,5,12-15H2. The molecule has 27 heavy (non-hydrogen) atoms. The predicted molar refractivity (Wildman–Crippen MR) is 103 cm³/mol. The fourth-order valence-corrected chi connectivity index (χ4v) is 3.07. The Morgan fingerprint density at radius 2 is 1.85 bits per heavy atom. The molecule has 6 nitrogen and oxygen atoms in total. The van der Waals surface area contributed by atoms with Gasteiger partial charge < -0.3 is 19.6 Å². The van der Waals surface area contributed by atoms with Crippen LogP contribution in [0.4, 0.5) is 0 Å². The normalized spacial score (nSPS) is 15.6. The van der Waals surface area contributed by atoms with Crippen LogP contribution >= 0.6 is 0 Å². The molecule has 0 radical (unpaired) electrons. The Bertz CT molecular complexity index is 970. The first-order valence-corrected chi connectivity index (χ1v) is 9.14. The second kappa shape index (κ2) is 8.14. The third kappa shape index (κ3) is 4.06. The highest BCUT2D eigenvalue weighted by Crippen LogP contribution is 2.30. The summed E-state index contributed by atoms with van der Waals surface area (Å²) < 4.78 is 13.0. The molecule has 0 fully saturated rings. The Morgan fingerprint density at radius 1 is 1.04 bits per heavy atom. The average Bonchev–Trinajstić information content (AvgIpc) is 2.71. The van der Waals surface area contributed by atoms with Crippen LogP contribution in [-0.2, 0) is 0 Å². The van der Waals surface area contributed by atoms with E-state index >= 15 is 0 Å². The minimum atomic E-state index is -0.159. The predicted octanol–water partition coefficient (Wildman–Crippen LogP) is 2.25. The number of nitrogens with zero attached hydrogens (tertiary/aromatic N) is 1. The van der Waals surface area contributed by atoms with Crippen LogP contribution in [0.5, 0.6) is 11.5 Å². The van der Waals surface area contributed by atoms with Crippen molar-refractivity contribution in [1.82, 2.24) is 10.0 Å². The molecule has 140 valence electrons. The zero-order chi connectivity index (χ0) is 18.5. The maximum atomic E-state index is 12.1. The number of hydrogen-bond donors (Lipinski definition) is 1. The van der Waals surface area contributed by atoms with Crippen molar-refractivity contribution in [2.75, 3.05) is 26.3 Å². The van der Waals surface area contributed by atoms with E-state index in [-0.39, 0.29) is 11.7 Å². The Labute approximate surface area is 157 Å². The average molecular weight is 366 g/mol. The van der Waals surface area contributed by atoms with Gasteiger partial charge in [-0.1, -0.05) is 30.3 Å². The zero-order valence-electron chi connectivity index (χ0n) is 15.0. The molecule has 2 heterocycles. The van der Waals surface area contributed by atoms with Crippen LogP contribution in [0.2, 0.25) is 0 Å². The number of hydrogen-bond acceptors (Lipinski definition) is 5. The molecule has 0 saturated heterocycles. The minimum Gasteiger partial charge on any atom is -0.486 e. The lowest BCUT2D eigenvalue weighted by molar-refractivity contribution is 0.0876. The number of rotatable bonds is 7. The quantitative estimate of drug-likeness (QED) is 0.650. The summed E-state index contributed by atoms with van der Waals surface area (Å²) in [6.45, 7) is 2.45. The van der Waals surface area contributed by atoms with E-state index in [4.69, 9.17) is 14.3 Å².